The van der Waals surface area contributed by atoms with Crippen LogP contribution in [0.25, 0.3) is 0 Å². The molecule has 118 valence electrons. The van der Waals surface area contributed by atoms with Crippen LogP contribution in [0.5, 0.6) is 0 Å². The highest BCUT2D eigenvalue weighted by Gasteiger charge is 2.35. The van der Waals surface area contributed by atoms with Crippen LogP contribution in [-0.2, 0) is 13.6 Å². The van der Waals surface area contributed by atoms with Crippen molar-refractivity contribution in [1.82, 2.24) is 0 Å². The predicted octanol–water partition coefficient (Wildman–Crippen LogP) is 4.56. The average molecular weight is 327 g/mol. The Bertz CT molecular complexity index is 653. The third-order valence-corrected chi connectivity index (χ3v) is 5.24. The van der Waals surface area contributed by atoms with E-state index in [0.29, 0.717) is 11.3 Å². The summed E-state index contributed by atoms with van der Waals surface area (Å²) in [5, 5.41) is 2.98. The number of hydrogen-bond donors (Lipinski definition) is 1. The largest absolute Gasteiger partial charge is 0.368 e. The molecule has 0 amide bonds. The van der Waals surface area contributed by atoms with Crippen molar-refractivity contribution < 1.29 is 22.4 Å². The van der Waals surface area contributed by atoms with Crippen molar-refractivity contribution >= 4 is 13.3 Å². The van der Waals surface area contributed by atoms with Crippen LogP contribution in [-0.4, -0.2) is 14.2 Å². The molecule has 0 heterocycles. The maximum atomic E-state index is 13.1. The molecule has 0 aromatic heterocycles. The number of nitrogens with one attached hydrogen (secondary N) is 1. The Morgan fingerprint density at radius 2 is 1.36 bits per heavy atom. The molecule has 0 saturated heterocycles. The maximum Gasteiger partial charge on any atom is 0.356 e. The van der Waals surface area contributed by atoms with Crippen LogP contribution < -0.4 is 5.32 Å². The summed E-state index contributed by atoms with van der Waals surface area (Å²) >= 11 is 0. The van der Waals surface area contributed by atoms with Crippen molar-refractivity contribution in [2.75, 3.05) is 19.5 Å². The average Bonchev–Trinajstić information content (AvgIpc) is 2.54. The highest BCUT2D eigenvalue weighted by Crippen LogP contribution is 2.59. The van der Waals surface area contributed by atoms with Gasteiger partial charge in [0.1, 0.15) is 11.6 Å². The summed E-state index contributed by atoms with van der Waals surface area (Å²) in [5.41, 5.74) is 1.06. The Morgan fingerprint density at radius 3 is 1.82 bits per heavy atom. The zero-order chi connectivity index (χ0) is 16.2. The van der Waals surface area contributed by atoms with Gasteiger partial charge in [-0.05, 0) is 42.0 Å². The van der Waals surface area contributed by atoms with Gasteiger partial charge in [-0.2, -0.15) is 0 Å². The summed E-state index contributed by atoms with van der Waals surface area (Å²) in [7, 11) is -0.991. The number of benzene rings is 2. The zero-order valence-electron chi connectivity index (χ0n) is 12.1. The molecule has 4 nitrogen and oxygen atoms in total. The number of hydrogen-bond acceptors (Lipinski definition) is 4. The van der Waals surface area contributed by atoms with Crippen LogP contribution in [0, 0.1) is 11.6 Å². The van der Waals surface area contributed by atoms with E-state index in [1.807, 2.05) is 0 Å². The van der Waals surface area contributed by atoms with E-state index in [1.54, 1.807) is 0 Å². The lowest BCUT2D eigenvalue weighted by atomic mass is 10.2. The van der Waals surface area contributed by atoms with E-state index in [4.69, 9.17) is 9.05 Å². The normalized spacial score (nSPS) is 12.9. The Labute approximate surface area is 127 Å². The fourth-order valence-electron chi connectivity index (χ4n) is 1.98. The summed E-state index contributed by atoms with van der Waals surface area (Å²) in [5.74, 6) is -1.65. The molecule has 1 atom stereocenters. The van der Waals surface area contributed by atoms with Crippen molar-refractivity contribution in [1.29, 1.82) is 0 Å². The second-order valence-corrected chi connectivity index (χ2v) is 6.84. The lowest BCUT2D eigenvalue weighted by molar-refractivity contribution is 0.268. The smallest absolute Gasteiger partial charge is 0.356 e. The van der Waals surface area contributed by atoms with Crippen molar-refractivity contribution in [2.45, 2.75) is 5.78 Å². The Hall–Kier alpha value is -1.75. The SMILES string of the molecule is COP(=O)(OC)C(Nc1ccc(F)cc1)c1ccc(F)cc1. The number of halogens is 2. The van der Waals surface area contributed by atoms with Crippen LogP contribution in [0.2, 0.25) is 0 Å². The van der Waals surface area contributed by atoms with Crippen LogP contribution in [0.3, 0.4) is 0 Å². The van der Waals surface area contributed by atoms with Crippen molar-refractivity contribution in [2.24, 2.45) is 0 Å². The molecule has 0 fully saturated rings. The minimum atomic E-state index is -3.53. The van der Waals surface area contributed by atoms with Gasteiger partial charge in [-0.1, -0.05) is 12.1 Å². The van der Waals surface area contributed by atoms with Crippen molar-refractivity contribution in [3.05, 3.63) is 65.7 Å². The molecule has 7 heteroatoms. The van der Waals surface area contributed by atoms with Gasteiger partial charge in [0.2, 0.25) is 0 Å². The first kappa shape index (κ1) is 16.6. The van der Waals surface area contributed by atoms with Gasteiger partial charge in [0.05, 0.1) is 0 Å². The molecule has 0 aliphatic heterocycles. The first-order chi connectivity index (χ1) is 10.5. The molecular weight excluding hydrogens is 311 g/mol. The van der Waals surface area contributed by atoms with E-state index in [9.17, 15) is 13.3 Å². The van der Waals surface area contributed by atoms with Gasteiger partial charge in [0.15, 0.2) is 5.78 Å². The van der Waals surface area contributed by atoms with Crippen LogP contribution in [0.4, 0.5) is 14.5 Å². The first-order valence-corrected chi connectivity index (χ1v) is 8.08. The van der Waals surface area contributed by atoms with Crippen LogP contribution >= 0.6 is 7.60 Å². The molecule has 2 rings (SSSR count). The van der Waals surface area contributed by atoms with Crippen molar-refractivity contribution in [3.8, 4) is 0 Å². The molecule has 1 N–H and O–H groups in total. The van der Waals surface area contributed by atoms with Crippen molar-refractivity contribution in [3.63, 3.8) is 0 Å². The monoisotopic (exact) mass is 327 g/mol. The van der Waals surface area contributed by atoms with Gasteiger partial charge in [-0.15, -0.1) is 0 Å². The van der Waals surface area contributed by atoms with Crippen LogP contribution in [0.1, 0.15) is 11.3 Å². The molecule has 0 aliphatic rings. The summed E-state index contributed by atoms with van der Waals surface area (Å²) in [6, 6.07) is 11.0. The zero-order valence-corrected chi connectivity index (χ0v) is 13.0. The van der Waals surface area contributed by atoms with Gasteiger partial charge in [0.25, 0.3) is 0 Å². The molecule has 22 heavy (non-hydrogen) atoms. The fraction of sp³-hybridized carbons (Fsp3) is 0.200. The van der Waals surface area contributed by atoms with E-state index in [2.05, 4.69) is 5.32 Å². The third-order valence-electron chi connectivity index (χ3n) is 3.16. The molecule has 0 bridgehead atoms. The van der Waals surface area contributed by atoms with E-state index in [1.165, 1.54) is 62.8 Å². The van der Waals surface area contributed by atoms with Gasteiger partial charge in [-0.25, -0.2) is 8.78 Å². The van der Waals surface area contributed by atoms with E-state index in [0.717, 1.165) is 0 Å². The first-order valence-electron chi connectivity index (χ1n) is 6.47. The molecule has 0 saturated carbocycles. The highest BCUT2D eigenvalue weighted by atomic mass is 31.2. The van der Waals surface area contributed by atoms with Gasteiger partial charge in [0, 0.05) is 19.9 Å². The lowest BCUT2D eigenvalue weighted by Crippen LogP contribution is -2.13. The van der Waals surface area contributed by atoms with Gasteiger partial charge >= 0.3 is 7.60 Å². The fourth-order valence-corrected chi connectivity index (χ4v) is 3.39. The standard InChI is InChI=1S/C15H16F2NO3P/c1-20-22(19,21-2)15(11-3-5-12(16)6-4-11)18-14-9-7-13(17)8-10-14/h3-10,15,18H,1-2H3. The Kier molecular flexibility index (Phi) is 5.29. The molecule has 0 aliphatic carbocycles. The third kappa shape index (κ3) is 3.71. The summed E-state index contributed by atoms with van der Waals surface area (Å²) < 4.78 is 48.9. The topological polar surface area (TPSA) is 47.6 Å². The van der Waals surface area contributed by atoms with E-state index in [-0.39, 0.29) is 5.82 Å². The van der Waals surface area contributed by atoms with Gasteiger partial charge in [-0.3, -0.25) is 4.57 Å². The van der Waals surface area contributed by atoms with Gasteiger partial charge < -0.3 is 14.4 Å². The van der Waals surface area contributed by atoms with Crippen LogP contribution in [0.15, 0.2) is 48.5 Å². The number of rotatable bonds is 6. The predicted molar refractivity (Wildman–Crippen MR) is 80.8 cm³/mol. The summed E-state index contributed by atoms with van der Waals surface area (Å²) in [4.78, 5) is 0. The molecule has 2 aromatic rings. The van der Waals surface area contributed by atoms with E-state index >= 15 is 0 Å². The maximum absolute atomic E-state index is 13.1. The van der Waals surface area contributed by atoms with E-state index < -0.39 is 19.2 Å². The molecule has 0 spiro atoms. The molecular formula is C15H16F2NO3P. The molecule has 2 aromatic carbocycles. The summed E-state index contributed by atoms with van der Waals surface area (Å²) in [6.07, 6.45) is 0. The Balaban J connectivity index is 2.39. The highest BCUT2D eigenvalue weighted by molar-refractivity contribution is 7.54. The minimum Gasteiger partial charge on any atom is -0.368 e. The minimum absolute atomic E-state index is 0.384. The molecule has 0 radical (unpaired) electrons. The quantitative estimate of drug-likeness (QED) is 0.790. The second-order valence-electron chi connectivity index (χ2n) is 4.51. The number of anilines is 1. The lowest BCUT2D eigenvalue weighted by Gasteiger charge is -2.26. The molecule has 1 unspecified atom stereocenters. The second kappa shape index (κ2) is 7.01. The summed E-state index contributed by atoms with van der Waals surface area (Å²) in [6.45, 7) is 0. The Morgan fingerprint density at radius 1 is 0.909 bits per heavy atom.